The van der Waals surface area contributed by atoms with Crippen LogP contribution < -0.4 is 10.2 Å². The van der Waals surface area contributed by atoms with Gasteiger partial charge in [-0.05, 0) is 29.0 Å². The summed E-state index contributed by atoms with van der Waals surface area (Å²) < 4.78 is 7.00. The Labute approximate surface area is 172 Å². The number of carbonyl (C=O) groups excluding carboxylic acids is 1. The number of methoxy groups -OCH3 is 1. The number of nitrogens with zero attached hydrogens (tertiary/aromatic N) is 2. The molecule has 0 bridgehead atoms. The highest BCUT2D eigenvalue weighted by Crippen LogP contribution is 2.26. The van der Waals surface area contributed by atoms with Gasteiger partial charge in [-0.2, -0.15) is 5.10 Å². The van der Waals surface area contributed by atoms with Gasteiger partial charge in [-0.1, -0.05) is 42.5 Å². The molecule has 1 heterocycles. The second-order valence-electron chi connectivity index (χ2n) is 6.72. The number of ether oxygens (including phenoxy) is 1. The Morgan fingerprint density at radius 2 is 1.80 bits per heavy atom. The number of aromatic nitrogens is 1. The number of fused-ring (bicyclic) bond motifs is 2. The van der Waals surface area contributed by atoms with E-state index in [1.165, 1.54) is 13.3 Å². The van der Waals surface area contributed by atoms with Crippen LogP contribution in [0.2, 0.25) is 0 Å². The number of aliphatic carboxylic acids is 1. The molecule has 3 aromatic carbocycles. The molecule has 7 heteroatoms. The van der Waals surface area contributed by atoms with Crippen LogP contribution in [0.5, 0.6) is 5.75 Å². The van der Waals surface area contributed by atoms with Crippen LogP contribution in [-0.4, -0.2) is 34.9 Å². The van der Waals surface area contributed by atoms with Crippen LogP contribution in [0, 0.1) is 0 Å². The smallest absolute Gasteiger partial charge is 0.323 e. The highest BCUT2D eigenvalue weighted by atomic mass is 16.5. The molecule has 1 amide bonds. The standard InChI is InChI=1S/C23H19N3O4/c1-30-21-11-16-7-3-2-6-15(16)10-19(21)23(29)25-24-12-17-13-26(14-22(27)28)20-9-5-4-8-18(17)20/h2-13H,14H2,1H3,(H,25,29)(H,27,28)/b24-12-. The number of benzene rings is 3. The predicted molar refractivity (Wildman–Crippen MR) is 115 cm³/mol. The van der Waals surface area contributed by atoms with E-state index in [9.17, 15) is 9.59 Å². The molecule has 0 atom stereocenters. The third-order valence-corrected chi connectivity index (χ3v) is 4.81. The fourth-order valence-corrected chi connectivity index (χ4v) is 3.44. The Bertz CT molecular complexity index is 1290. The Kier molecular flexibility index (Phi) is 5.17. The van der Waals surface area contributed by atoms with Crippen LogP contribution in [0.25, 0.3) is 21.7 Å². The lowest BCUT2D eigenvalue weighted by Gasteiger charge is -2.09. The second kappa shape index (κ2) is 8.08. The molecule has 0 saturated heterocycles. The average Bonchev–Trinajstić information content (AvgIpc) is 3.09. The molecule has 0 fully saturated rings. The zero-order chi connectivity index (χ0) is 21.1. The number of nitrogens with one attached hydrogen (secondary N) is 1. The van der Waals surface area contributed by atoms with E-state index in [1.54, 1.807) is 16.8 Å². The lowest BCUT2D eigenvalue weighted by Crippen LogP contribution is -2.18. The van der Waals surface area contributed by atoms with Gasteiger partial charge >= 0.3 is 5.97 Å². The van der Waals surface area contributed by atoms with Crippen molar-refractivity contribution in [1.82, 2.24) is 9.99 Å². The minimum absolute atomic E-state index is 0.158. The summed E-state index contributed by atoms with van der Waals surface area (Å²) in [7, 11) is 1.52. The maximum Gasteiger partial charge on any atom is 0.323 e. The summed E-state index contributed by atoms with van der Waals surface area (Å²) in [5.74, 6) is -0.876. The quantitative estimate of drug-likeness (QED) is 0.381. The van der Waals surface area contributed by atoms with Crippen LogP contribution in [0.3, 0.4) is 0 Å². The lowest BCUT2D eigenvalue weighted by molar-refractivity contribution is -0.137. The van der Waals surface area contributed by atoms with E-state index in [0.717, 1.165) is 21.7 Å². The molecule has 1 aromatic heterocycles. The zero-order valence-corrected chi connectivity index (χ0v) is 16.2. The first-order valence-corrected chi connectivity index (χ1v) is 9.26. The molecule has 2 N–H and O–H groups in total. The number of hydrogen-bond acceptors (Lipinski definition) is 4. The normalized spacial score (nSPS) is 11.2. The molecule has 0 spiro atoms. The fourth-order valence-electron chi connectivity index (χ4n) is 3.44. The molecule has 4 rings (SSSR count). The minimum atomic E-state index is -0.934. The Hall–Kier alpha value is -4.13. The van der Waals surface area contributed by atoms with Crippen molar-refractivity contribution in [2.45, 2.75) is 6.54 Å². The summed E-state index contributed by atoms with van der Waals surface area (Å²) in [6.07, 6.45) is 3.21. The number of carboxylic acid groups (broad SMARTS) is 1. The summed E-state index contributed by atoms with van der Waals surface area (Å²) in [4.78, 5) is 23.8. The first-order valence-electron chi connectivity index (χ1n) is 9.26. The van der Waals surface area contributed by atoms with E-state index in [0.29, 0.717) is 16.9 Å². The van der Waals surface area contributed by atoms with Gasteiger partial charge in [-0.15, -0.1) is 0 Å². The largest absolute Gasteiger partial charge is 0.496 e. The number of carboxylic acids is 1. The minimum Gasteiger partial charge on any atom is -0.496 e. The topological polar surface area (TPSA) is 92.9 Å². The zero-order valence-electron chi connectivity index (χ0n) is 16.2. The first kappa shape index (κ1) is 19.2. The highest BCUT2D eigenvalue weighted by Gasteiger charge is 2.13. The highest BCUT2D eigenvalue weighted by molar-refractivity contribution is 6.03. The number of amides is 1. The summed E-state index contributed by atoms with van der Waals surface area (Å²) in [6.45, 7) is -0.158. The van der Waals surface area contributed by atoms with Crippen LogP contribution in [0.1, 0.15) is 15.9 Å². The molecule has 30 heavy (non-hydrogen) atoms. The molecule has 0 saturated carbocycles. The molecular formula is C23H19N3O4. The van der Waals surface area contributed by atoms with E-state index in [4.69, 9.17) is 9.84 Å². The van der Waals surface area contributed by atoms with Gasteiger partial charge < -0.3 is 14.4 Å². The molecule has 0 aliphatic heterocycles. The summed E-state index contributed by atoms with van der Waals surface area (Å²) in [5, 5.41) is 15.9. The van der Waals surface area contributed by atoms with Crippen LogP contribution in [0.15, 0.2) is 72.0 Å². The van der Waals surface area contributed by atoms with Gasteiger partial charge in [0, 0.05) is 22.7 Å². The Morgan fingerprint density at radius 1 is 1.10 bits per heavy atom. The Balaban J connectivity index is 1.60. The molecule has 7 nitrogen and oxygen atoms in total. The lowest BCUT2D eigenvalue weighted by atomic mass is 10.1. The number of carbonyl (C=O) groups is 2. The van der Waals surface area contributed by atoms with Gasteiger partial charge in [0.15, 0.2) is 0 Å². The number of hydrazone groups is 1. The Morgan fingerprint density at radius 3 is 2.53 bits per heavy atom. The fraction of sp³-hybridized carbons (Fsp3) is 0.0870. The first-order chi connectivity index (χ1) is 14.6. The van der Waals surface area contributed by atoms with Gasteiger partial charge in [0.05, 0.1) is 18.9 Å². The average molecular weight is 401 g/mol. The third kappa shape index (κ3) is 3.73. The molecule has 4 aromatic rings. The molecule has 0 aliphatic carbocycles. The maximum absolute atomic E-state index is 12.7. The second-order valence-corrected chi connectivity index (χ2v) is 6.72. The van der Waals surface area contributed by atoms with E-state index in [2.05, 4.69) is 10.5 Å². The van der Waals surface area contributed by atoms with Crippen molar-refractivity contribution < 1.29 is 19.4 Å². The van der Waals surface area contributed by atoms with Crippen molar-refractivity contribution in [2.75, 3.05) is 7.11 Å². The molecule has 150 valence electrons. The van der Waals surface area contributed by atoms with Crippen molar-refractivity contribution in [3.8, 4) is 5.75 Å². The maximum atomic E-state index is 12.7. The number of rotatable bonds is 6. The predicted octanol–water partition coefficient (Wildman–Crippen LogP) is 3.65. The van der Waals surface area contributed by atoms with Gasteiger partial charge in [0.1, 0.15) is 12.3 Å². The van der Waals surface area contributed by atoms with Crippen molar-refractivity contribution in [2.24, 2.45) is 5.10 Å². The van der Waals surface area contributed by atoms with Crippen LogP contribution >= 0.6 is 0 Å². The molecule has 0 unspecified atom stereocenters. The van der Waals surface area contributed by atoms with Gasteiger partial charge in [-0.25, -0.2) is 5.43 Å². The third-order valence-electron chi connectivity index (χ3n) is 4.81. The van der Waals surface area contributed by atoms with Crippen molar-refractivity contribution >= 4 is 39.8 Å². The van der Waals surface area contributed by atoms with Gasteiger partial charge in [0.2, 0.25) is 0 Å². The SMILES string of the molecule is COc1cc2ccccc2cc1C(=O)N/N=C\c1cn(CC(=O)O)c2ccccc12. The van der Waals surface area contributed by atoms with E-state index < -0.39 is 11.9 Å². The van der Waals surface area contributed by atoms with Crippen LogP contribution in [-0.2, 0) is 11.3 Å². The van der Waals surface area contributed by atoms with Crippen molar-refractivity contribution in [3.63, 3.8) is 0 Å². The summed E-state index contributed by atoms with van der Waals surface area (Å²) in [5.41, 5.74) is 4.39. The monoisotopic (exact) mass is 401 g/mol. The number of hydrogen-bond donors (Lipinski definition) is 2. The van der Waals surface area contributed by atoms with E-state index in [1.807, 2.05) is 54.6 Å². The van der Waals surface area contributed by atoms with E-state index >= 15 is 0 Å². The molecule has 0 aliphatic rings. The van der Waals surface area contributed by atoms with Crippen LogP contribution in [0.4, 0.5) is 0 Å². The van der Waals surface area contributed by atoms with E-state index in [-0.39, 0.29) is 6.54 Å². The van der Waals surface area contributed by atoms with Crippen molar-refractivity contribution in [3.05, 3.63) is 78.0 Å². The summed E-state index contributed by atoms with van der Waals surface area (Å²) in [6, 6.07) is 18.7. The molecular weight excluding hydrogens is 382 g/mol. The number of para-hydroxylation sites is 1. The molecule has 0 radical (unpaired) electrons. The van der Waals surface area contributed by atoms with Crippen molar-refractivity contribution in [1.29, 1.82) is 0 Å². The van der Waals surface area contributed by atoms with Gasteiger partial charge in [0.25, 0.3) is 5.91 Å². The van der Waals surface area contributed by atoms with Gasteiger partial charge in [-0.3, -0.25) is 9.59 Å². The summed E-state index contributed by atoms with van der Waals surface area (Å²) >= 11 is 0.